The molecular formula is C24H10F8N4O. The van der Waals surface area contributed by atoms with E-state index in [2.05, 4.69) is 10.1 Å². The van der Waals surface area contributed by atoms with Crippen molar-refractivity contribution in [2.45, 2.75) is 6.18 Å². The van der Waals surface area contributed by atoms with E-state index < -0.39 is 63.8 Å². The van der Waals surface area contributed by atoms with Gasteiger partial charge < -0.3 is 5.32 Å². The van der Waals surface area contributed by atoms with Gasteiger partial charge in [-0.25, -0.2) is 31.5 Å². The van der Waals surface area contributed by atoms with Crippen LogP contribution in [0.1, 0.15) is 16.1 Å². The van der Waals surface area contributed by atoms with Crippen LogP contribution < -0.4 is 5.32 Å². The summed E-state index contributed by atoms with van der Waals surface area (Å²) >= 11 is 0. The summed E-state index contributed by atoms with van der Waals surface area (Å²) in [6, 6.07) is 12.3. The number of amides is 1. The van der Waals surface area contributed by atoms with Gasteiger partial charge in [0.2, 0.25) is 5.82 Å². The molecule has 5 aromatic rings. The van der Waals surface area contributed by atoms with Crippen molar-refractivity contribution in [3.8, 4) is 11.3 Å². The van der Waals surface area contributed by atoms with Crippen LogP contribution in [-0.4, -0.2) is 20.5 Å². The minimum Gasteiger partial charge on any atom is -0.317 e. The second-order valence-electron chi connectivity index (χ2n) is 7.74. The van der Waals surface area contributed by atoms with Crippen molar-refractivity contribution in [2.24, 2.45) is 0 Å². The molecule has 0 atom stereocenters. The zero-order valence-electron chi connectivity index (χ0n) is 18.0. The Morgan fingerprint density at radius 2 is 1.46 bits per heavy atom. The van der Waals surface area contributed by atoms with E-state index in [0.29, 0.717) is 27.6 Å². The third-order valence-corrected chi connectivity index (χ3v) is 5.52. The van der Waals surface area contributed by atoms with Crippen molar-refractivity contribution >= 4 is 28.0 Å². The van der Waals surface area contributed by atoms with Crippen LogP contribution in [0.5, 0.6) is 0 Å². The summed E-state index contributed by atoms with van der Waals surface area (Å²) in [6.45, 7) is 0. The molecule has 2 heterocycles. The van der Waals surface area contributed by atoms with Gasteiger partial charge in [-0.05, 0) is 16.8 Å². The second-order valence-corrected chi connectivity index (χ2v) is 7.74. The van der Waals surface area contributed by atoms with Crippen molar-refractivity contribution in [2.75, 3.05) is 5.32 Å². The van der Waals surface area contributed by atoms with E-state index in [0.717, 1.165) is 0 Å². The summed E-state index contributed by atoms with van der Waals surface area (Å²) in [5.41, 5.74) is -4.31. The number of fused-ring (bicyclic) bond motifs is 2. The normalized spacial score (nSPS) is 11.9. The molecule has 0 aliphatic heterocycles. The van der Waals surface area contributed by atoms with E-state index in [4.69, 9.17) is 0 Å². The zero-order valence-corrected chi connectivity index (χ0v) is 18.0. The van der Waals surface area contributed by atoms with Gasteiger partial charge in [0.1, 0.15) is 11.3 Å². The highest BCUT2D eigenvalue weighted by atomic mass is 19.4. The van der Waals surface area contributed by atoms with Gasteiger partial charge in [-0.2, -0.15) is 18.3 Å². The Hall–Kier alpha value is -4.55. The molecule has 0 aliphatic rings. The van der Waals surface area contributed by atoms with E-state index in [1.165, 1.54) is 11.4 Å². The van der Waals surface area contributed by atoms with Crippen LogP contribution in [0.4, 0.5) is 40.8 Å². The van der Waals surface area contributed by atoms with Crippen LogP contribution in [0.3, 0.4) is 0 Å². The van der Waals surface area contributed by atoms with Crippen molar-refractivity contribution in [3.63, 3.8) is 0 Å². The lowest BCUT2D eigenvalue weighted by molar-refractivity contribution is -0.142. The first-order valence-electron chi connectivity index (χ1n) is 10.3. The van der Waals surface area contributed by atoms with Gasteiger partial charge in [-0.15, -0.1) is 0 Å². The van der Waals surface area contributed by atoms with E-state index in [-0.39, 0.29) is 11.3 Å². The Labute approximate surface area is 201 Å². The van der Waals surface area contributed by atoms with Gasteiger partial charge >= 0.3 is 6.18 Å². The van der Waals surface area contributed by atoms with Crippen LogP contribution >= 0.6 is 0 Å². The summed E-state index contributed by atoms with van der Waals surface area (Å²) in [6.07, 6.45) is -4.34. The molecule has 0 bridgehead atoms. The third-order valence-electron chi connectivity index (χ3n) is 5.52. The third kappa shape index (κ3) is 3.92. The smallest absolute Gasteiger partial charge is 0.317 e. The first-order valence-corrected chi connectivity index (χ1v) is 10.3. The minimum absolute atomic E-state index is 0.206. The summed E-state index contributed by atoms with van der Waals surface area (Å²) in [4.78, 5) is 16.9. The van der Waals surface area contributed by atoms with E-state index >= 15 is 0 Å². The topological polar surface area (TPSA) is 59.3 Å². The Morgan fingerprint density at radius 3 is 2.14 bits per heavy atom. The van der Waals surface area contributed by atoms with Crippen molar-refractivity contribution in [1.82, 2.24) is 14.6 Å². The molecule has 0 aliphatic carbocycles. The molecule has 37 heavy (non-hydrogen) atoms. The highest BCUT2D eigenvalue weighted by molar-refractivity contribution is 6.08. The molecule has 1 N–H and O–H groups in total. The molecule has 2 aromatic heterocycles. The van der Waals surface area contributed by atoms with Crippen molar-refractivity contribution in [1.29, 1.82) is 0 Å². The molecule has 0 saturated carbocycles. The average Bonchev–Trinajstić information content (AvgIpc) is 3.31. The molecule has 5 nitrogen and oxygen atoms in total. The first kappa shape index (κ1) is 24.2. The summed E-state index contributed by atoms with van der Waals surface area (Å²) in [7, 11) is 0. The predicted octanol–water partition coefficient (Wildman–Crippen LogP) is 6.52. The standard InChI is InChI=1S/C24H10F8N4O/c25-16-17(26)19(28)21(20(29)18(16)27)35-23(37)13-9-33-36-15(24(30,31)32)8-14(34-22(13)36)12-7-3-5-10-4-1-2-6-11(10)12/h1-9H,(H,35,37). The zero-order chi connectivity index (χ0) is 26.6. The van der Waals surface area contributed by atoms with Gasteiger partial charge in [0, 0.05) is 5.56 Å². The summed E-state index contributed by atoms with van der Waals surface area (Å²) in [5, 5.41) is 6.27. The number of rotatable bonds is 3. The molecule has 0 fully saturated rings. The van der Waals surface area contributed by atoms with E-state index in [9.17, 15) is 39.9 Å². The number of anilines is 1. The van der Waals surface area contributed by atoms with Gasteiger partial charge in [0.25, 0.3) is 5.91 Å². The number of hydrogen-bond acceptors (Lipinski definition) is 3. The molecule has 3 aromatic carbocycles. The van der Waals surface area contributed by atoms with Crippen LogP contribution in [0.2, 0.25) is 0 Å². The molecular weight excluding hydrogens is 512 g/mol. The minimum atomic E-state index is -4.97. The average molecular weight is 522 g/mol. The Morgan fingerprint density at radius 1 is 0.838 bits per heavy atom. The molecule has 5 rings (SSSR count). The van der Waals surface area contributed by atoms with Crippen molar-refractivity contribution < 1.29 is 39.9 Å². The second kappa shape index (κ2) is 8.54. The first-order chi connectivity index (χ1) is 17.5. The lowest BCUT2D eigenvalue weighted by atomic mass is 10.0. The van der Waals surface area contributed by atoms with Gasteiger partial charge in [-0.3, -0.25) is 4.79 Å². The number of nitrogens with zero attached hydrogens (tertiary/aromatic N) is 3. The number of benzene rings is 3. The quantitative estimate of drug-likeness (QED) is 0.167. The Kier molecular flexibility index (Phi) is 5.57. The number of carbonyl (C=O) groups excluding carboxylic acids is 1. The van der Waals surface area contributed by atoms with Gasteiger partial charge in [0.05, 0.1) is 11.9 Å². The largest absolute Gasteiger partial charge is 0.433 e. The lowest BCUT2D eigenvalue weighted by Gasteiger charge is -2.13. The summed E-state index contributed by atoms with van der Waals surface area (Å²) in [5.74, 6) is -13.2. The fourth-order valence-corrected chi connectivity index (χ4v) is 3.81. The van der Waals surface area contributed by atoms with E-state index in [1.54, 1.807) is 36.4 Å². The maximum absolute atomic E-state index is 14.1. The van der Waals surface area contributed by atoms with Crippen LogP contribution in [0.15, 0.2) is 54.7 Å². The molecule has 0 spiro atoms. The molecule has 0 unspecified atom stereocenters. The number of nitrogens with one attached hydrogen (secondary N) is 1. The fourth-order valence-electron chi connectivity index (χ4n) is 3.81. The number of aromatic nitrogens is 3. The maximum Gasteiger partial charge on any atom is 0.433 e. The molecule has 0 radical (unpaired) electrons. The van der Waals surface area contributed by atoms with Crippen LogP contribution in [0, 0.1) is 29.1 Å². The van der Waals surface area contributed by atoms with Gasteiger partial charge in [0.15, 0.2) is 34.6 Å². The molecule has 0 saturated heterocycles. The van der Waals surface area contributed by atoms with Crippen LogP contribution in [0.25, 0.3) is 27.7 Å². The highest BCUT2D eigenvalue weighted by Gasteiger charge is 2.36. The predicted molar refractivity (Wildman–Crippen MR) is 115 cm³/mol. The number of hydrogen-bond donors (Lipinski definition) is 1. The fraction of sp³-hybridized carbons (Fsp3) is 0.0417. The lowest BCUT2D eigenvalue weighted by Crippen LogP contribution is -2.18. The van der Waals surface area contributed by atoms with Crippen LogP contribution in [-0.2, 0) is 6.18 Å². The molecule has 1 amide bonds. The Balaban J connectivity index is 1.70. The number of alkyl halides is 3. The molecule has 13 heteroatoms. The highest BCUT2D eigenvalue weighted by Crippen LogP contribution is 2.35. The van der Waals surface area contributed by atoms with Crippen molar-refractivity contribution in [3.05, 3.63) is 95.1 Å². The monoisotopic (exact) mass is 522 g/mol. The van der Waals surface area contributed by atoms with E-state index in [1.807, 2.05) is 0 Å². The SMILES string of the molecule is O=C(Nc1c(F)c(F)c(F)c(F)c1F)c1cnn2c(C(F)(F)F)cc(-c3cccc4ccccc34)nc12. The Bertz CT molecular complexity index is 1690. The number of carbonyl (C=O) groups is 1. The number of halogens is 8. The molecule has 188 valence electrons. The maximum atomic E-state index is 14.1. The summed E-state index contributed by atoms with van der Waals surface area (Å²) < 4.78 is 111. The van der Waals surface area contributed by atoms with Gasteiger partial charge in [-0.1, -0.05) is 42.5 Å².